The van der Waals surface area contributed by atoms with E-state index in [2.05, 4.69) is 96.3 Å². The molecule has 0 amide bonds. The molecule has 3 heteroatoms. The van der Waals surface area contributed by atoms with E-state index in [-0.39, 0.29) is 0 Å². The zero-order valence-corrected chi connectivity index (χ0v) is 16.8. The Kier molecular flexibility index (Phi) is 3.58. The summed E-state index contributed by atoms with van der Waals surface area (Å²) in [5, 5.41) is 0. The Hall–Kier alpha value is -3.43. The largest absolute Gasteiger partial charge is 0.283 e. The monoisotopic (exact) mass is 390 g/mol. The number of thiazole rings is 1. The van der Waals surface area contributed by atoms with Crippen molar-refractivity contribution in [1.82, 2.24) is 9.38 Å². The van der Waals surface area contributed by atoms with Crippen LogP contribution in [0.2, 0.25) is 0 Å². The van der Waals surface area contributed by atoms with Crippen LogP contribution in [0.3, 0.4) is 0 Å². The average molecular weight is 391 g/mol. The summed E-state index contributed by atoms with van der Waals surface area (Å²) in [4.78, 5) is 5.89. The predicted octanol–water partition coefficient (Wildman–Crippen LogP) is 7.34. The lowest BCUT2D eigenvalue weighted by Gasteiger charge is -2.08. The van der Waals surface area contributed by atoms with Gasteiger partial charge >= 0.3 is 0 Å². The Morgan fingerprint density at radius 2 is 1.41 bits per heavy atom. The molecule has 6 rings (SSSR count). The number of para-hydroxylation sites is 2. The van der Waals surface area contributed by atoms with Crippen molar-refractivity contribution in [2.24, 2.45) is 0 Å². The molecule has 6 aromatic rings. The van der Waals surface area contributed by atoms with E-state index >= 15 is 0 Å². The molecule has 0 aliphatic heterocycles. The van der Waals surface area contributed by atoms with Crippen LogP contribution < -0.4 is 0 Å². The van der Waals surface area contributed by atoms with E-state index < -0.39 is 0 Å². The highest BCUT2D eigenvalue weighted by Crippen LogP contribution is 2.38. The number of hydrogen-bond acceptors (Lipinski definition) is 2. The second-order valence-electron chi connectivity index (χ2n) is 7.42. The van der Waals surface area contributed by atoms with E-state index in [1.807, 2.05) is 6.07 Å². The minimum absolute atomic E-state index is 1.04. The highest BCUT2D eigenvalue weighted by Gasteiger charge is 2.14. The zero-order chi connectivity index (χ0) is 19.4. The van der Waals surface area contributed by atoms with Crippen molar-refractivity contribution >= 4 is 37.5 Å². The topological polar surface area (TPSA) is 17.3 Å². The van der Waals surface area contributed by atoms with Crippen molar-refractivity contribution in [3.05, 3.63) is 96.6 Å². The van der Waals surface area contributed by atoms with Crippen molar-refractivity contribution < 1.29 is 0 Å². The molecule has 2 aromatic heterocycles. The first-order valence-electron chi connectivity index (χ1n) is 9.74. The Balaban J connectivity index is 1.58. The first kappa shape index (κ1) is 16.5. The van der Waals surface area contributed by atoms with Gasteiger partial charge in [0.05, 0.1) is 21.3 Å². The molecule has 0 saturated heterocycles. The zero-order valence-electron chi connectivity index (χ0n) is 16.0. The SMILES string of the molecule is Cc1cccc(-c2cccc(-c3cccc4c3sc3nc5ccccc5n34)c2)c1. The molecule has 0 fully saturated rings. The number of aromatic nitrogens is 2. The Morgan fingerprint density at radius 1 is 0.690 bits per heavy atom. The Labute approximate surface area is 172 Å². The summed E-state index contributed by atoms with van der Waals surface area (Å²) in [6.07, 6.45) is 0. The smallest absolute Gasteiger partial charge is 0.195 e. The van der Waals surface area contributed by atoms with Gasteiger partial charge in [-0.05, 0) is 47.9 Å². The van der Waals surface area contributed by atoms with Crippen LogP contribution >= 0.6 is 11.3 Å². The van der Waals surface area contributed by atoms with Crippen LogP contribution in [0, 0.1) is 6.92 Å². The number of benzene rings is 4. The molecule has 138 valence electrons. The van der Waals surface area contributed by atoms with Crippen LogP contribution in [0.1, 0.15) is 5.56 Å². The van der Waals surface area contributed by atoms with Crippen LogP contribution in [-0.4, -0.2) is 9.38 Å². The molecule has 0 aliphatic carbocycles. The lowest BCUT2D eigenvalue weighted by Crippen LogP contribution is -1.84. The number of fused-ring (bicyclic) bond motifs is 5. The molecular weight excluding hydrogens is 372 g/mol. The van der Waals surface area contributed by atoms with E-state index in [0.717, 1.165) is 10.5 Å². The maximum Gasteiger partial charge on any atom is 0.195 e. The number of nitrogens with zero attached hydrogens (tertiary/aromatic N) is 2. The quantitative estimate of drug-likeness (QED) is 0.302. The van der Waals surface area contributed by atoms with Gasteiger partial charge in [0.2, 0.25) is 0 Å². The molecule has 4 aromatic carbocycles. The molecule has 0 N–H and O–H groups in total. The molecule has 29 heavy (non-hydrogen) atoms. The van der Waals surface area contributed by atoms with Crippen molar-refractivity contribution in [3.63, 3.8) is 0 Å². The first-order chi connectivity index (χ1) is 14.3. The van der Waals surface area contributed by atoms with Crippen molar-refractivity contribution in [1.29, 1.82) is 0 Å². The molecule has 0 unspecified atom stereocenters. The summed E-state index contributed by atoms with van der Waals surface area (Å²) in [6.45, 7) is 2.14. The summed E-state index contributed by atoms with van der Waals surface area (Å²) in [5.41, 5.74) is 9.71. The van der Waals surface area contributed by atoms with Gasteiger partial charge in [-0.3, -0.25) is 4.40 Å². The van der Waals surface area contributed by atoms with Crippen LogP contribution in [0.15, 0.2) is 91.0 Å². The predicted molar refractivity (Wildman–Crippen MR) is 124 cm³/mol. The number of hydrogen-bond donors (Lipinski definition) is 0. The van der Waals surface area contributed by atoms with Gasteiger partial charge in [-0.25, -0.2) is 4.98 Å². The van der Waals surface area contributed by atoms with Crippen LogP contribution in [0.4, 0.5) is 0 Å². The third-order valence-corrected chi connectivity index (χ3v) is 6.57. The van der Waals surface area contributed by atoms with Crippen molar-refractivity contribution in [3.8, 4) is 22.3 Å². The Morgan fingerprint density at radius 3 is 2.31 bits per heavy atom. The van der Waals surface area contributed by atoms with Crippen molar-refractivity contribution in [2.45, 2.75) is 6.92 Å². The fraction of sp³-hybridized carbons (Fsp3) is 0.0385. The van der Waals surface area contributed by atoms with E-state index in [9.17, 15) is 0 Å². The molecule has 0 spiro atoms. The summed E-state index contributed by atoms with van der Waals surface area (Å²) in [6, 6.07) is 32.4. The van der Waals surface area contributed by atoms with E-state index in [4.69, 9.17) is 4.98 Å². The highest BCUT2D eigenvalue weighted by atomic mass is 32.1. The number of imidazole rings is 1. The van der Waals surface area contributed by atoms with Gasteiger partial charge in [0.1, 0.15) is 0 Å². The molecular formula is C26H18N2S. The maximum atomic E-state index is 4.84. The van der Waals surface area contributed by atoms with Crippen LogP contribution in [0.5, 0.6) is 0 Å². The highest BCUT2D eigenvalue weighted by molar-refractivity contribution is 7.24. The van der Waals surface area contributed by atoms with E-state index in [1.165, 1.54) is 43.6 Å². The molecule has 0 atom stereocenters. The fourth-order valence-electron chi connectivity index (χ4n) is 4.12. The fourth-order valence-corrected chi connectivity index (χ4v) is 5.30. The summed E-state index contributed by atoms with van der Waals surface area (Å²) < 4.78 is 3.56. The number of aryl methyl sites for hydroxylation is 1. The summed E-state index contributed by atoms with van der Waals surface area (Å²) in [5.74, 6) is 0. The number of rotatable bonds is 2. The normalized spacial score (nSPS) is 11.6. The van der Waals surface area contributed by atoms with Gasteiger partial charge in [0.25, 0.3) is 0 Å². The maximum absolute atomic E-state index is 4.84. The van der Waals surface area contributed by atoms with Gasteiger partial charge in [-0.15, -0.1) is 0 Å². The average Bonchev–Trinajstić information content (AvgIpc) is 3.29. The van der Waals surface area contributed by atoms with Gasteiger partial charge in [0.15, 0.2) is 4.96 Å². The van der Waals surface area contributed by atoms with Gasteiger partial charge in [-0.1, -0.05) is 83.6 Å². The lowest BCUT2D eigenvalue weighted by molar-refractivity contribution is 1.35. The standard InChI is InChI=1S/C26H18N2S/c1-17-7-4-8-18(15-17)19-9-5-10-20(16-19)21-11-6-14-24-25(21)29-26-27-22-12-2-3-13-23(22)28(24)26/h2-16H,1H3. The lowest BCUT2D eigenvalue weighted by atomic mass is 9.98. The molecule has 0 radical (unpaired) electrons. The third kappa shape index (κ3) is 2.59. The molecule has 0 saturated carbocycles. The minimum atomic E-state index is 1.04. The Bertz CT molecular complexity index is 1520. The molecule has 2 heterocycles. The molecule has 0 bridgehead atoms. The third-order valence-electron chi connectivity index (χ3n) is 5.48. The van der Waals surface area contributed by atoms with Gasteiger partial charge in [0, 0.05) is 5.56 Å². The van der Waals surface area contributed by atoms with E-state index in [1.54, 1.807) is 11.3 Å². The first-order valence-corrected chi connectivity index (χ1v) is 10.6. The summed E-state index contributed by atoms with van der Waals surface area (Å²) in [7, 11) is 0. The van der Waals surface area contributed by atoms with E-state index in [0.29, 0.717) is 0 Å². The molecule has 0 aliphatic rings. The van der Waals surface area contributed by atoms with Crippen LogP contribution in [-0.2, 0) is 0 Å². The molecule has 2 nitrogen and oxygen atoms in total. The van der Waals surface area contributed by atoms with Gasteiger partial charge < -0.3 is 0 Å². The van der Waals surface area contributed by atoms with Gasteiger partial charge in [-0.2, -0.15) is 0 Å². The summed E-state index contributed by atoms with van der Waals surface area (Å²) >= 11 is 1.76. The second-order valence-corrected chi connectivity index (χ2v) is 8.40. The van der Waals surface area contributed by atoms with Crippen molar-refractivity contribution in [2.75, 3.05) is 0 Å². The minimum Gasteiger partial charge on any atom is -0.283 e. The van der Waals surface area contributed by atoms with Crippen LogP contribution in [0.25, 0.3) is 48.5 Å². The second kappa shape index (κ2) is 6.29.